The molecule has 102 valence electrons. The standard InChI is InChI=1S/C15H19FN2O/c1-4-13-9-14(18(5-2)17-13)10-19-15-8-12(16)7-6-11(15)3/h6-9H,4-5,10H2,1-3H3. The summed E-state index contributed by atoms with van der Waals surface area (Å²) >= 11 is 0. The number of hydrogen-bond acceptors (Lipinski definition) is 2. The molecule has 0 aliphatic heterocycles. The van der Waals surface area contributed by atoms with Crippen LogP contribution in [0.2, 0.25) is 0 Å². The van der Waals surface area contributed by atoms with Crippen molar-refractivity contribution in [2.24, 2.45) is 0 Å². The Morgan fingerprint density at radius 2 is 2.05 bits per heavy atom. The molecule has 2 aromatic rings. The molecule has 0 saturated heterocycles. The van der Waals surface area contributed by atoms with Gasteiger partial charge in [-0.25, -0.2) is 4.39 Å². The normalized spacial score (nSPS) is 10.7. The first-order valence-electron chi connectivity index (χ1n) is 6.58. The smallest absolute Gasteiger partial charge is 0.130 e. The van der Waals surface area contributed by atoms with E-state index in [1.54, 1.807) is 6.07 Å². The number of rotatable bonds is 5. The zero-order valence-electron chi connectivity index (χ0n) is 11.6. The Bertz CT molecular complexity index is 563. The molecular formula is C15H19FN2O. The van der Waals surface area contributed by atoms with Crippen LogP contribution >= 0.6 is 0 Å². The van der Waals surface area contributed by atoms with Gasteiger partial charge in [0, 0.05) is 12.6 Å². The van der Waals surface area contributed by atoms with Gasteiger partial charge in [0.05, 0.1) is 11.4 Å². The molecule has 0 bridgehead atoms. The van der Waals surface area contributed by atoms with Crippen molar-refractivity contribution in [2.75, 3.05) is 0 Å². The van der Waals surface area contributed by atoms with Crippen LogP contribution < -0.4 is 4.74 Å². The zero-order valence-corrected chi connectivity index (χ0v) is 11.6. The summed E-state index contributed by atoms with van der Waals surface area (Å²) in [6.45, 7) is 7.24. The highest BCUT2D eigenvalue weighted by Gasteiger charge is 2.08. The zero-order chi connectivity index (χ0) is 13.8. The highest BCUT2D eigenvalue weighted by atomic mass is 19.1. The molecule has 0 unspecified atom stereocenters. The van der Waals surface area contributed by atoms with Gasteiger partial charge < -0.3 is 4.74 Å². The van der Waals surface area contributed by atoms with Crippen LogP contribution in [-0.2, 0) is 19.6 Å². The highest BCUT2D eigenvalue weighted by molar-refractivity contribution is 5.32. The lowest BCUT2D eigenvalue weighted by Crippen LogP contribution is -2.06. The number of ether oxygens (including phenoxy) is 1. The summed E-state index contributed by atoms with van der Waals surface area (Å²) < 4.78 is 20.8. The van der Waals surface area contributed by atoms with Crippen molar-refractivity contribution in [3.8, 4) is 5.75 Å². The summed E-state index contributed by atoms with van der Waals surface area (Å²) in [4.78, 5) is 0. The Hall–Kier alpha value is -1.84. The molecule has 1 aromatic carbocycles. The van der Waals surface area contributed by atoms with Crippen LogP contribution in [0.25, 0.3) is 0 Å². The van der Waals surface area contributed by atoms with Gasteiger partial charge in [-0.2, -0.15) is 5.10 Å². The summed E-state index contributed by atoms with van der Waals surface area (Å²) in [5.74, 6) is 0.306. The van der Waals surface area contributed by atoms with Gasteiger partial charge in [0.1, 0.15) is 18.2 Å². The maximum Gasteiger partial charge on any atom is 0.130 e. The average Bonchev–Trinajstić information content (AvgIpc) is 2.82. The number of aromatic nitrogens is 2. The van der Waals surface area contributed by atoms with Crippen LogP contribution in [0.4, 0.5) is 4.39 Å². The van der Waals surface area contributed by atoms with Crippen LogP contribution in [0, 0.1) is 12.7 Å². The van der Waals surface area contributed by atoms with Crippen LogP contribution in [-0.4, -0.2) is 9.78 Å². The van der Waals surface area contributed by atoms with Crippen molar-refractivity contribution in [3.63, 3.8) is 0 Å². The second-order valence-corrected chi connectivity index (χ2v) is 4.49. The lowest BCUT2D eigenvalue weighted by molar-refractivity contribution is 0.289. The van der Waals surface area contributed by atoms with Crippen LogP contribution in [0.5, 0.6) is 5.75 Å². The van der Waals surface area contributed by atoms with Gasteiger partial charge in [-0.15, -0.1) is 0 Å². The van der Waals surface area contributed by atoms with Crippen molar-refractivity contribution in [3.05, 3.63) is 47.0 Å². The molecular weight excluding hydrogens is 243 g/mol. The molecule has 0 amide bonds. The van der Waals surface area contributed by atoms with Gasteiger partial charge in [-0.1, -0.05) is 13.0 Å². The monoisotopic (exact) mass is 262 g/mol. The summed E-state index contributed by atoms with van der Waals surface area (Å²) in [6.07, 6.45) is 0.902. The number of hydrogen-bond donors (Lipinski definition) is 0. The molecule has 0 radical (unpaired) electrons. The van der Waals surface area contributed by atoms with Crippen LogP contribution in [0.15, 0.2) is 24.3 Å². The van der Waals surface area contributed by atoms with E-state index in [2.05, 4.69) is 12.0 Å². The van der Waals surface area contributed by atoms with Crippen molar-refractivity contribution in [2.45, 2.75) is 40.3 Å². The van der Waals surface area contributed by atoms with Gasteiger partial charge in [0.15, 0.2) is 0 Å². The van der Waals surface area contributed by atoms with Crippen LogP contribution in [0.1, 0.15) is 30.8 Å². The van der Waals surface area contributed by atoms with Crippen molar-refractivity contribution in [1.29, 1.82) is 0 Å². The predicted octanol–water partition coefficient (Wildman–Crippen LogP) is 3.49. The molecule has 0 aliphatic carbocycles. The first-order valence-corrected chi connectivity index (χ1v) is 6.58. The predicted molar refractivity (Wildman–Crippen MR) is 72.7 cm³/mol. The Kier molecular flexibility index (Phi) is 4.20. The van der Waals surface area contributed by atoms with E-state index in [9.17, 15) is 4.39 Å². The van der Waals surface area contributed by atoms with E-state index >= 15 is 0 Å². The maximum atomic E-state index is 13.2. The van der Waals surface area contributed by atoms with E-state index in [1.807, 2.05) is 24.6 Å². The van der Waals surface area contributed by atoms with Gasteiger partial charge in [-0.3, -0.25) is 4.68 Å². The summed E-state index contributed by atoms with van der Waals surface area (Å²) in [7, 11) is 0. The van der Waals surface area contributed by atoms with E-state index in [-0.39, 0.29) is 5.82 Å². The Labute approximate surface area is 113 Å². The number of nitrogens with zero attached hydrogens (tertiary/aromatic N) is 2. The molecule has 1 aromatic heterocycles. The van der Waals surface area contributed by atoms with E-state index in [1.165, 1.54) is 12.1 Å². The second-order valence-electron chi connectivity index (χ2n) is 4.49. The summed E-state index contributed by atoms with van der Waals surface area (Å²) in [5.41, 5.74) is 3.00. The first kappa shape index (κ1) is 13.6. The largest absolute Gasteiger partial charge is 0.487 e. The Balaban J connectivity index is 2.13. The SMILES string of the molecule is CCc1cc(COc2cc(F)ccc2C)n(CC)n1. The quantitative estimate of drug-likeness (QED) is 0.824. The molecule has 1 heterocycles. The van der Waals surface area contributed by atoms with E-state index in [4.69, 9.17) is 4.74 Å². The number of aryl methyl sites for hydroxylation is 3. The Morgan fingerprint density at radius 3 is 2.74 bits per heavy atom. The molecule has 0 aliphatic rings. The van der Waals surface area contributed by atoms with Crippen molar-refractivity contribution >= 4 is 0 Å². The minimum atomic E-state index is -0.279. The fourth-order valence-electron chi connectivity index (χ4n) is 1.96. The molecule has 19 heavy (non-hydrogen) atoms. The molecule has 2 rings (SSSR count). The van der Waals surface area contributed by atoms with E-state index < -0.39 is 0 Å². The third-order valence-corrected chi connectivity index (χ3v) is 3.10. The topological polar surface area (TPSA) is 27.1 Å². The minimum Gasteiger partial charge on any atom is -0.487 e. The molecule has 0 fully saturated rings. The number of benzene rings is 1. The van der Waals surface area contributed by atoms with Gasteiger partial charge in [0.25, 0.3) is 0 Å². The fourth-order valence-corrected chi connectivity index (χ4v) is 1.96. The van der Waals surface area contributed by atoms with Crippen molar-refractivity contribution < 1.29 is 9.13 Å². The average molecular weight is 262 g/mol. The molecule has 0 N–H and O–H groups in total. The second kappa shape index (κ2) is 5.87. The lowest BCUT2D eigenvalue weighted by Gasteiger charge is -2.10. The molecule has 4 heteroatoms. The third kappa shape index (κ3) is 3.13. The fraction of sp³-hybridized carbons (Fsp3) is 0.400. The van der Waals surface area contributed by atoms with Crippen LogP contribution in [0.3, 0.4) is 0 Å². The highest BCUT2D eigenvalue weighted by Crippen LogP contribution is 2.20. The third-order valence-electron chi connectivity index (χ3n) is 3.10. The first-order chi connectivity index (χ1) is 9.13. The minimum absolute atomic E-state index is 0.279. The van der Waals surface area contributed by atoms with Gasteiger partial charge >= 0.3 is 0 Å². The Morgan fingerprint density at radius 1 is 1.26 bits per heavy atom. The number of halogens is 1. The molecule has 0 spiro atoms. The maximum absolute atomic E-state index is 13.2. The van der Waals surface area contributed by atoms with Crippen molar-refractivity contribution in [1.82, 2.24) is 9.78 Å². The van der Waals surface area contributed by atoms with Gasteiger partial charge in [0.2, 0.25) is 0 Å². The summed E-state index contributed by atoms with van der Waals surface area (Å²) in [6, 6.07) is 6.62. The molecule has 0 atom stereocenters. The molecule has 3 nitrogen and oxygen atoms in total. The van der Waals surface area contributed by atoms with E-state index in [0.29, 0.717) is 12.4 Å². The molecule has 0 saturated carbocycles. The van der Waals surface area contributed by atoms with E-state index in [0.717, 1.165) is 29.9 Å². The lowest BCUT2D eigenvalue weighted by atomic mass is 10.2. The van der Waals surface area contributed by atoms with Gasteiger partial charge in [-0.05, 0) is 38.0 Å². The summed E-state index contributed by atoms with van der Waals surface area (Å²) in [5, 5.41) is 4.46.